The molecule has 0 bridgehead atoms. The van der Waals surface area contributed by atoms with Gasteiger partial charge in [0.15, 0.2) is 6.61 Å². The molecule has 0 saturated heterocycles. The predicted octanol–water partition coefficient (Wildman–Crippen LogP) is 1.25. The number of carbonyl (C=O) groups is 3. The number of imide groups is 1. The van der Waals surface area contributed by atoms with Crippen molar-refractivity contribution in [1.82, 2.24) is 10.6 Å². The van der Waals surface area contributed by atoms with Crippen LogP contribution >= 0.6 is 0 Å². The summed E-state index contributed by atoms with van der Waals surface area (Å²) in [5, 5.41) is 25.0. The molecule has 0 spiro atoms. The van der Waals surface area contributed by atoms with E-state index in [-0.39, 0.29) is 22.4 Å². The summed E-state index contributed by atoms with van der Waals surface area (Å²) in [6, 6.07) is 6.77. The molecule has 3 amide bonds. The summed E-state index contributed by atoms with van der Waals surface area (Å²) < 4.78 is 4.75. The topological polar surface area (TPSA) is 125 Å². The largest absolute Gasteiger partial charge is 0.507 e. The fourth-order valence-electron chi connectivity index (χ4n) is 2.07. The van der Waals surface area contributed by atoms with E-state index in [0.29, 0.717) is 11.9 Å². The third kappa shape index (κ3) is 3.72. The van der Waals surface area contributed by atoms with Crippen LogP contribution in [0.5, 0.6) is 11.5 Å². The molecule has 0 aliphatic heterocycles. The zero-order chi connectivity index (χ0) is 17.7. The second kappa shape index (κ2) is 7.32. The highest BCUT2D eigenvalue weighted by Crippen LogP contribution is 2.35. The van der Waals surface area contributed by atoms with Crippen LogP contribution < -0.4 is 10.6 Å². The summed E-state index contributed by atoms with van der Waals surface area (Å²) in [6.07, 6.45) is 0. The lowest BCUT2D eigenvalue weighted by Crippen LogP contribution is -2.41. The minimum absolute atomic E-state index is 0.206. The first-order valence-corrected chi connectivity index (χ1v) is 7.12. The van der Waals surface area contributed by atoms with Gasteiger partial charge in [-0.1, -0.05) is 24.3 Å². The number of urea groups is 1. The van der Waals surface area contributed by atoms with Crippen LogP contribution in [-0.2, 0) is 9.53 Å². The molecule has 0 unspecified atom stereocenters. The number of benzene rings is 2. The van der Waals surface area contributed by atoms with Gasteiger partial charge in [0.2, 0.25) is 0 Å². The minimum atomic E-state index is -1.00. The molecule has 0 saturated carbocycles. The molecule has 8 nitrogen and oxygen atoms in total. The molecule has 4 N–H and O–H groups in total. The van der Waals surface area contributed by atoms with Crippen molar-refractivity contribution in [3.63, 3.8) is 0 Å². The monoisotopic (exact) mass is 332 g/mol. The van der Waals surface area contributed by atoms with Gasteiger partial charge in [0.25, 0.3) is 5.91 Å². The Morgan fingerprint density at radius 2 is 1.79 bits per heavy atom. The fourth-order valence-corrected chi connectivity index (χ4v) is 2.07. The van der Waals surface area contributed by atoms with Gasteiger partial charge in [-0.25, -0.2) is 9.59 Å². The number of hydrogen-bond donors (Lipinski definition) is 4. The van der Waals surface area contributed by atoms with Gasteiger partial charge in [-0.2, -0.15) is 0 Å². The summed E-state index contributed by atoms with van der Waals surface area (Å²) in [7, 11) is 0. The molecular weight excluding hydrogens is 316 g/mol. The lowest BCUT2D eigenvalue weighted by molar-refractivity contribution is -0.123. The number of nitrogens with one attached hydrogen (secondary N) is 2. The quantitative estimate of drug-likeness (QED) is 0.493. The van der Waals surface area contributed by atoms with Crippen LogP contribution in [0.15, 0.2) is 30.3 Å². The molecule has 0 aromatic heterocycles. The number of phenolic OH excluding ortho intramolecular Hbond substituents is 2. The van der Waals surface area contributed by atoms with Crippen molar-refractivity contribution < 1.29 is 29.3 Å². The van der Waals surface area contributed by atoms with E-state index in [2.05, 4.69) is 5.32 Å². The molecule has 2 aromatic rings. The first-order valence-electron chi connectivity index (χ1n) is 7.12. The Hall–Kier alpha value is -3.29. The van der Waals surface area contributed by atoms with Gasteiger partial charge in [0, 0.05) is 17.3 Å². The second-order valence-electron chi connectivity index (χ2n) is 4.82. The Kier molecular flexibility index (Phi) is 5.20. The number of amides is 3. The van der Waals surface area contributed by atoms with E-state index < -0.39 is 24.5 Å². The Labute approximate surface area is 137 Å². The Morgan fingerprint density at radius 1 is 1.12 bits per heavy atom. The van der Waals surface area contributed by atoms with E-state index in [9.17, 15) is 24.6 Å². The van der Waals surface area contributed by atoms with Crippen LogP contribution in [0.3, 0.4) is 0 Å². The van der Waals surface area contributed by atoms with Gasteiger partial charge in [-0.15, -0.1) is 0 Å². The van der Waals surface area contributed by atoms with Gasteiger partial charge in [-0.05, 0) is 13.0 Å². The van der Waals surface area contributed by atoms with Crippen LogP contribution in [-0.4, -0.2) is 41.3 Å². The van der Waals surface area contributed by atoms with Crippen LogP contribution in [0, 0.1) is 0 Å². The molecule has 0 atom stereocenters. The lowest BCUT2D eigenvalue weighted by atomic mass is 10.0. The zero-order valence-corrected chi connectivity index (χ0v) is 12.8. The number of aromatic hydroxyl groups is 2. The van der Waals surface area contributed by atoms with E-state index in [1.807, 2.05) is 5.32 Å². The highest BCUT2D eigenvalue weighted by molar-refractivity contribution is 6.04. The summed E-state index contributed by atoms with van der Waals surface area (Å²) in [6.45, 7) is 1.31. The minimum Gasteiger partial charge on any atom is -0.507 e. The van der Waals surface area contributed by atoms with Crippen LogP contribution in [0.25, 0.3) is 10.8 Å². The first-order chi connectivity index (χ1) is 11.4. The van der Waals surface area contributed by atoms with Crippen molar-refractivity contribution >= 4 is 28.7 Å². The third-order valence-corrected chi connectivity index (χ3v) is 3.14. The van der Waals surface area contributed by atoms with E-state index in [1.165, 1.54) is 6.07 Å². The standard InChI is InChI=1S/C16H16N2O6/c1-2-17-16(23)18-13(20)8-24-15(22)11-7-12(19)9-5-3-4-6-10(9)14(11)21/h3-7,19,21H,2,8H2,1H3,(H2,17,18,20,23). The molecular formula is C16H16N2O6. The molecule has 0 aliphatic carbocycles. The van der Waals surface area contributed by atoms with Gasteiger partial charge < -0.3 is 20.3 Å². The lowest BCUT2D eigenvalue weighted by Gasteiger charge is -2.10. The molecule has 24 heavy (non-hydrogen) atoms. The highest BCUT2D eigenvalue weighted by Gasteiger charge is 2.19. The Balaban J connectivity index is 2.10. The van der Waals surface area contributed by atoms with Crippen molar-refractivity contribution in [2.75, 3.05) is 13.2 Å². The highest BCUT2D eigenvalue weighted by atomic mass is 16.5. The number of hydrogen-bond acceptors (Lipinski definition) is 6. The normalized spacial score (nSPS) is 10.2. The van der Waals surface area contributed by atoms with Crippen molar-refractivity contribution in [3.8, 4) is 11.5 Å². The number of esters is 1. The maximum absolute atomic E-state index is 12.0. The zero-order valence-electron chi connectivity index (χ0n) is 12.8. The number of rotatable bonds is 4. The molecule has 0 heterocycles. The predicted molar refractivity (Wildman–Crippen MR) is 84.8 cm³/mol. The van der Waals surface area contributed by atoms with E-state index in [0.717, 1.165) is 6.07 Å². The molecule has 0 fully saturated rings. The summed E-state index contributed by atoms with van der Waals surface area (Å²) >= 11 is 0. The molecule has 2 aromatic carbocycles. The second-order valence-corrected chi connectivity index (χ2v) is 4.82. The van der Waals surface area contributed by atoms with E-state index in [4.69, 9.17) is 4.74 Å². The molecule has 8 heteroatoms. The SMILES string of the molecule is CCNC(=O)NC(=O)COC(=O)c1cc(O)c2ccccc2c1O. The molecule has 0 aliphatic rings. The van der Waals surface area contributed by atoms with Crippen molar-refractivity contribution in [1.29, 1.82) is 0 Å². The maximum Gasteiger partial charge on any atom is 0.342 e. The van der Waals surface area contributed by atoms with Gasteiger partial charge in [0.05, 0.1) is 0 Å². The third-order valence-electron chi connectivity index (χ3n) is 3.14. The summed E-state index contributed by atoms with van der Waals surface area (Å²) in [4.78, 5) is 34.6. The number of ether oxygens (including phenoxy) is 1. The Morgan fingerprint density at radius 3 is 2.46 bits per heavy atom. The van der Waals surface area contributed by atoms with E-state index in [1.54, 1.807) is 25.1 Å². The molecule has 0 radical (unpaired) electrons. The molecule has 2 rings (SSSR count). The van der Waals surface area contributed by atoms with Gasteiger partial charge >= 0.3 is 12.0 Å². The summed E-state index contributed by atoms with van der Waals surface area (Å²) in [5.74, 6) is -2.39. The van der Waals surface area contributed by atoms with Crippen molar-refractivity contribution in [2.45, 2.75) is 6.92 Å². The first kappa shape index (κ1) is 17.1. The van der Waals surface area contributed by atoms with Gasteiger partial charge in [-0.3, -0.25) is 10.1 Å². The van der Waals surface area contributed by atoms with Crippen molar-refractivity contribution in [3.05, 3.63) is 35.9 Å². The summed E-state index contributed by atoms with van der Waals surface area (Å²) in [5.41, 5.74) is -0.281. The average molecular weight is 332 g/mol. The molecule has 126 valence electrons. The van der Waals surface area contributed by atoms with Gasteiger partial charge in [0.1, 0.15) is 17.1 Å². The smallest absolute Gasteiger partial charge is 0.342 e. The number of phenols is 2. The Bertz CT molecular complexity index is 802. The number of fused-ring (bicyclic) bond motifs is 1. The van der Waals surface area contributed by atoms with E-state index >= 15 is 0 Å². The van der Waals surface area contributed by atoms with Crippen LogP contribution in [0.2, 0.25) is 0 Å². The fraction of sp³-hybridized carbons (Fsp3) is 0.188. The van der Waals surface area contributed by atoms with Crippen LogP contribution in [0.4, 0.5) is 4.79 Å². The van der Waals surface area contributed by atoms with Crippen LogP contribution in [0.1, 0.15) is 17.3 Å². The maximum atomic E-state index is 12.0. The average Bonchev–Trinajstić information content (AvgIpc) is 2.56. The number of carbonyl (C=O) groups excluding carboxylic acids is 3. The van der Waals surface area contributed by atoms with Crippen molar-refractivity contribution in [2.24, 2.45) is 0 Å².